The molecule has 0 saturated carbocycles. The minimum Gasteiger partial charge on any atom is -0.337 e. The standard InChI is InChI=1S/C18H26FN5O/c1-12(23(4)5)10-20-18(25)22-13(2)17-11-21-24(14(17)3)16-8-6-15(19)7-9-16/h6-9,11-13H,10H2,1-5H3,(H2,20,22,25)/t12-,13+/m1/s1. The average molecular weight is 347 g/mol. The summed E-state index contributed by atoms with van der Waals surface area (Å²) in [5.41, 5.74) is 2.60. The molecule has 0 aliphatic rings. The number of benzene rings is 1. The Balaban J connectivity index is 2.01. The van der Waals surface area contributed by atoms with Gasteiger partial charge in [0.15, 0.2) is 0 Å². The van der Waals surface area contributed by atoms with Gasteiger partial charge in [-0.3, -0.25) is 0 Å². The number of hydrogen-bond acceptors (Lipinski definition) is 3. The lowest BCUT2D eigenvalue weighted by Crippen LogP contribution is -2.43. The molecule has 2 N–H and O–H groups in total. The maximum absolute atomic E-state index is 13.1. The third kappa shape index (κ3) is 4.79. The van der Waals surface area contributed by atoms with E-state index in [-0.39, 0.29) is 23.9 Å². The summed E-state index contributed by atoms with van der Waals surface area (Å²) in [4.78, 5) is 14.1. The van der Waals surface area contributed by atoms with E-state index in [0.717, 1.165) is 16.9 Å². The zero-order chi connectivity index (χ0) is 18.6. The van der Waals surface area contributed by atoms with E-state index in [1.165, 1.54) is 12.1 Å². The van der Waals surface area contributed by atoms with Crippen LogP contribution >= 0.6 is 0 Å². The van der Waals surface area contributed by atoms with Gasteiger partial charge in [-0.1, -0.05) is 0 Å². The van der Waals surface area contributed by atoms with Crippen molar-refractivity contribution < 1.29 is 9.18 Å². The highest BCUT2D eigenvalue weighted by atomic mass is 19.1. The molecular formula is C18H26FN5O. The van der Waals surface area contributed by atoms with Gasteiger partial charge >= 0.3 is 6.03 Å². The van der Waals surface area contributed by atoms with Crippen molar-refractivity contribution in [3.8, 4) is 5.69 Å². The van der Waals surface area contributed by atoms with Gasteiger partial charge in [-0.15, -0.1) is 0 Å². The van der Waals surface area contributed by atoms with Gasteiger partial charge in [0.1, 0.15) is 5.82 Å². The molecule has 2 aromatic rings. The quantitative estimate of drug-likeness (QED) is 0.844. The first-order chi connectivity index (χ1) is 11.8. The van der Waals surface area contributed by atoms with Crippen LogP contribution in [0.2, 0.25) is 0 Å². The van der Waals surface area contributed by atoms with E-state index < -0.39 is 0 Å². The Morgan fingerprint density at radius 2 is 1.92 bits per heavy atom. The van der Waals surface area contributed by atoms with Gasteiger partial charge in [-0.05, 0) is 59.1 Å². The number of carbonyl (C=O) groups is 1. The molecule has 0 aliphatic heterocycles. The Bertz CT molecular complexity index is 711. The van der Waals surface area contributed by atoms with E-state index >= 15 is 0 Å². The molecule has 0 unspecified atom stereocenters. The van der Waals surface area contributed by atoms with Crippen molar-refractivity contribution in [2.45, 2.75) is 32.9 Å². The number of hydrogen-bond donors (Lipinski definition) is 2. The average Bonchev–Trinajstić information content (AvgIpc) is 2.95. The van der Waals surface area contributed by atoms with Gasteiger partial charge in [0.05, 0.1) is 17.9 Å². The van der Waals surface area contributed by atoms with Crippen molar-refractivity contribution in [1.82, 2.24) is 25.3 Å². The van der Waals surface area contributed by atoms with Crippen molar-refractivity contribution in [3.05, 3.63) is 47.5 Å². The van der Waals surface area contributed by atoms with Crippen LogP contribution in [0.1, 0.15) is 31.1 Å². The Kier molecular flexibility index (Phi) is 6.14. The number of amides is 2. The van der Waals surface area contributed by atoms with Crippen molar-refractivity contribution in [3.63, 3.8) is 0 Å². The summed E-state index contributed by atoms with van der Waals surface area (Å²) in [5.74, 6) is -0.285. The molecule has 0 fully saturated rings. The predicted octanol–water partition coefficient (Wildman–Crippen LogP) is 2.63. The van der Waals surface area contributed by atoms with Crippen molar-refractivity contribution in [2.75, 3.05) is 20.6 Å². The third-order valence-electron chi connectivity index (χ3n) is 4.37. The summed E-state index contributed by atoms with van der Waals surface area (Å²) in [7, 11) is 3.94. The van der Waals surface area contributed by atoms with Crippen molar-refractivity contribution >= 4 is 6.03 Å². The second-order valence-corrected chi connectivity index (χ2v) is 6.46. The van der Waals surface area contributed by atoms with E-state index in [9.17, 15) is 9.18 Å². The van der Waals surface area contributed by atoms with Gasteiger partial charge in [-0.25, -0.2) is 13.9 Å². The van der Waals surface area contributed by atoms with Crippen LogP contribution in [0.4, 0.5) is 9.18 Å². The predicted molar refractivity (Wildman–Crippen MR) is 96.4 cm³/mol. The molecule has 136 valence electrons. The molecule has 0 radical (unpaired) electrons. The lowest BCUT2D eigenvalue weighted by molar-refractivity contribution is 0.231. The number of aromatic nitrogens is 2. The van der Waals surface area contributed by atoms with Crippen LogP contribution < -0.4 is 10.6 Å². The molecule has 1 heterocycles. The molecule has 2 amide bonds. The van der Waals surface area contributed by atoms with Crippen molar-refractivity contribution in [2.24, 2.45) is 0 Å². The van der Waals surface area contributed by atoms with Crippen LogP contribution in [0.15, 0.2) is 30.5 Å². The zero-order valence-electron chi connectivity index (χ0n) is 15.4. The number of rotatable bonds is 6. The summed E-state index contributed by atoms with van der Waals surface area (Å²) in [5, 5.41) is 10.1. The highest BCUT2D eigenvalue weighted by Gasteiger charge is 2.16. The van der Waals surface area contributed by atoms with Crippen LogP contribution in [0.5, 0.6) is 0 Å². The van der Waals surface area contributed by atoms with Crippen LogP contribution in [0, 0.1) is 12.7 Å². The Morgan fingerprint density at radius 1 is 1.28 bits per heavy atom. The molecule has 25 heavy (non-hydrogen) atoms. The summed E-state index contributed by atoms with van der Waals surface area (Å²) in [6, 6.07) is 6.00. The van der Waals surface area contributed by atoms with Crippen LogP contribution in [0.3, 0.4) is 0 Å². The third-order valence-corrected chi connectivity index (χ3v) is 4.37. The normalized spacial score (nSPS) is 13.6. The molecule has 0 aliphatic carbocycles. The van der Waals surface area contributed by atoms with Crippen molar-refractivity contribution in [1.29, 1.82) is 0 Å². The molecule has 0 saturated heterocycles. The number of carbonyl (C=O) groups excluding carboxylic acids is 1. The lowest BCUT2D eigenvalue weighted by Gasteiger charge is -2.21. The summed E-state index contributed by atoms with van der Waals surface area (Å²) in [6.07, 6.45) is 1.73. The van der Waals surface area contributed by atoms with Gasteiger partial charge in [0, 0.05) is 23.8 Å². The molecule has 1 aromatic carbocycles. The second-order valence-electron chi connectivity index (χ2n) is 6.46. The minimum absolute atomic E-state index is 0.191. The SMILES string of the molecule is Cc1c([C@H](C)NC(=O)NC[C@@H](C)N(C)C)cnn1-c1ccc(F)cc1. The van der Waals surface area contributed by atoms with E-state index in [4.69, 9.17) is 0 Å². The summed E-state index contributed by atoms with van der Waals surface area (Å²) in [6.45, 7) is 6.45. The molecular weight excluding hydrogens is 321 g/mol. The van der Waals surface area contributed by atoms with Crippen LogP contribution in [0.25, 0.3) is 5.69 Å². The lowest BCUT2D eigenvalue weighted by atomic mass is 10.1. The van der Waals surface area contributed by atoms with Crippen LogP contribution in [-0.4, -0.2) is 47.4 Å². The number of nitrogens with zero attached hydrogens (tertiary/aromatic N) is 3. The van der Waals surface area contributed by atoms with Crippen LogP contribution in [-0.2, 0) is 0 Å². The first-order valence-corrected chi connectivity index (χ1v) is 8.31. The largest absolute Gasteiger partial charge is 0.337 e. The monoisotopic (exact) mass is 347 g/mol. The zero-order valence-corrected chi connectivity index (χ0v) is 15.4. The minimum atomic E-state index is -0.285. The number of likely N-dealkylation sites (N-methyl/N-ethyl adjacent to an activating group) is 1. The molecule has 1 aromatic heterocycles. The van der Waals surface area contributed by atoms with Gasteiger partial charge in [0.25, 0.3) is 0 Å². The summed E-state index contributed by atoms with van der Waals surface area (Å²) < 4.78 is 14.8. The molecule has 2 rings (SSSR count). The Labute approximate surface area is 148 Å². The Hall–Kier alpha value is -2.41. The summed E-state index contributed by atoms with van der Waals surface area (Å²) >= 11 is 0. The highest BCUT2D eigenvalue weighted by molar-refractivity contribution is 5.74. The van der Waals surface area contributed by atoms with E-state index in [2.05, 4.69) is 15.7 Å². The number of halogens is 1. The number of nitrogens with one attached hydrogen (secondary N) is 2. The first kappa shape index (κ1) is 18.9. The fourth-order valence-corrected chi connectivity index (χ4v) is 2.44. The maximum atomic E-state index is 13.1. The molecule has 2 atom stereocenters. The molecule has 0 bridgehead atoms. The smallest absolute Gasteiger partial charge is 0.315 e. The molecule has 0 spiro atoms. The first-order valence-electron chi connectivity index (χ1n) is 8.31. The molecule has 7 heteroatoms. The fraction of sp³-hybridized carbons (Fsp3) is 0.444. The van der Waals surface area contributed by atoms with Gasteiger partial charge in [0.2, 0.25) is 0 Å². The van der Waals surface area contributed by atoms with E-state index in [0.29, 0.717) is 6.54 Å². The highest BCUT2D eigenvalue weighted by Crippen LogP contribution is 2.20. The van der Waals surface area contributed by atoms with E-state index in [1.807, 2.05) is 39.8 Å². The Morgan fingerprint density at radius 3 is 2.52 bits per heavy atom. The second kappa shape index (κ2) is 8.11. The van der Waals surface area contributed by atoms with Gasteiger partial charge in [-0.2, -0.15) is 5.10 Å². The maximum Gasteiger partial charge on any atom is 0.315 e. The van der Waals surface area contributed by atoms with E-state index in [1.54, 1.807) is 23.0 Å². The molecule has 6 nitrogen and oxygen atoms in total. The fourth-order valence-electron chi connectivity index (χ4n) is 2.44. The topological polar surface area (TPSA) is 62.2 Å². The number of urea groups is 1. The van der Waals surface area contributed by atoms with Gasteiger partial charge < -0.3 is 15.5 Å².